The van der Waals surface area contributed by atoms with Crippen LogP contribution >= 0.6 is 0 Å². The van der Waals surface area contributed by atoms with Gasteiger partial charge in [0.25, 0.3) is 0 Å². The maximum atomic E-state index is 12.0. The second kappa shape index (κ2) is 6.23. The summed E-state index contributed by atoms with van der Waals surface area (Å²) < 4.78 is 9.82. The van der Waals surface area contributed by atoms with Gasteiger partial charge in [-0.15, -0.1) is 0 Å². The Morgan fingerprint density at radius 2 is 2.05 bits per heavy atom. The Kier molecular flexibility index (Phi) is 5.17. The van der Waals surface area contributed by atoms with E-state index in [1.807, 2.05) is 0 Å². The fourth-order valence-corrected chi connectivity index (χ4v) is 2.13. The van der Waals surface area contributed by atoms with E-state index in [9.17, 15) is 14.7 Å². The molecule has 1 heterocycles. The zero-order chi connectivity index (χ0) is 14.6. The summed E-state index contributed by atoms with van der Waals surface area (Å²) in [6.45, 7) is 5.92. The number of carbonyl (C=O) groups excluding carboxylic acids is 2. The van der Waals surface area contributed by atoms with Crippen molar-refractivity contribution < 1.29 is 24.2 Å². The molecule has 0 saturated carbocycles. The van der Waals surface area contributed by atoms with E-state index in [1.54, 1.807) is 20.8 Å². The number of likely N-dealkylation sites (tertiary alicyclic amines) is 1. The smallest absolute Gasteiger partial charge is 0.410 e. The highest BCUT2D eigenvalue weighted by atomic mass is 16.6. The van der Waals surface area contributed by atoms with Crippen LogP contribution in [0.3, 0.4) is 0 Å². The number of hydrogen-bond acceptors (Lipinski definition) is 5. The van der Waals surface area contributed by atoms with Gasteiger partial charge >= 0.3 is 12.1 Å². The first-order valence-electron chi connectivity index (χ1n) is 6.49. The van der Waals surface area contributed by atoms with E-state index in [2.05, 4.69) is 4.74 Å². The minimum Gasteiger partial charge on any atom is -0.469 e. The van der Waals surface area contributed by atoms with Crippen molar-refractivity contribution in [3.8, 4) is 0 Å². The van der Waals surface area contributed by atoms with Gasteiger partial charge in [0.15, 0.2) is 0 Å². The van der Waals surface area contributed by atoms with Gasteiger partial charge in [0, 0.05) is 6.54 Å². The molecular weight excluding hydrogens is 250 g/mol. The first-order chi connectivity index (χ1) is 8.74. The lowest BCUT2D eigenvalue weighted by Crippen LogP contribution is -2.45. The number of hydrogen-bond donors (Lipinski definition) is 1. The maximum Gasteiger partial charge on any atom is 0.410 e. The van der Waals surface area contributed by atoms with Crippen LogP contribution in [-0.4, -0.2) is 53.5 Å². The first kappa shape index (κ1) is 15.8. The Hall–Kier alpha value is -1.30. The Labute approximate surface area is 113 Å². The first-order valence-corrected chi connectivity index (χ1v) is 6.49. The third-order valence-electron chi connectivity index (χ3n) is 2.97. The number of carbonyl (C=O) groups is 2. The van der Waals surface area contributed by atoms with Gasteiger partial charge < -0.3 is 19.5 Å². The summed E-state index contributed by atoms with van der Waals surface area (Å²) in [5.74, 6) is -0.483. The van der Waals surface area contributed by atoms with Crippen LogP contribution in [-0.2, 0) is 14.3 Å². The van der Waals surface area contributed by atoms with Gasteiger partial charge in [-0.2, -0.15) is 0 Å². The number of nitrogens with zero attached hydrogens (tertiary/aromatic N) is 1. The van der Waals surface area contributed by atoms with Crippen LogP contribution in [0.15, 0.2) is 0 Å². The van der Waals surface area contributed by atoms with Crippen molar-refractivity contribution >= 4 is 12.1 Å². The van der Waals surface area contributed by atoms with Crippen LogP contribution in [0, 0.1) is 0 Å². The number of ether oxygens (including phenoxy) is 2. The molecule has 1 saturated heterocycles. The molecule has 0 aromatic heterocycles. The van der Waals surface area contributed by atoms with Crippen LogP contribution < -0.4 is 0 Å². The number of aliphatic hydroxyl groups excluding tert-OH is 1. The number of amides is 1. The highest BCUT2D eigenvalue weighted by Crippen LogP contribution is 2.24. The largest absolute Gasteiger partial charge is 0.469 e. The van der Waals surface area contributed by atoms with Gasteiger partial charge in [0.1, 0.15) is 5.60 Å². The molecule has 0 spiro atoms. The van der Waals surface area contributed by atoms with Crippen molar-refractivity contribution in [2.45, 2.75) is 57.8 Å². The van der Waals surface area contributed by atoms with Crippen LogP contribution in [0.25, 0.3) is 0 Å². The van der Waals surface area contributed by atoms with E-state index in [0.29, 0.717) is 13.0 Å². The molecule has 1 fully saturated rings. The molecule has 6 nitrogen and oxygen atoms in total. The van der Waals surface area contributed by atoms with Crippen molar-refractivity contribution in [3.63, 3.8) is 0 Å². The summed E-state index contributed by atoms with van der Waals surface area (Å²) in [6.07, 6.45) is -0.0126. The van der Waals surface area contributed by atoms with E-state index in [0.717, 1.165) is 6.42 Å². The van der Waals surface area contributed by atoms with Gasteiger partial charge in [0.05, 0.1) is 25.7 Å². The van der Waals surface area contributed by atoms with E-state index >= 15 is 0 Å². The van der Waals surface area contributed by atoms with Gasteiger partial charge in [-0.3, -0.25) is 4.79 Å². The second-order valence-corrected chi connectivity index (χ2v) is 5.73. The lowest BCUT2D eigenvalue weighted by Gasteiger charge is -2.30. The Morgan fingerprint density at radius 3 is 2.58 bits per heavy atom. The third kappa shape index (κ3) is 4.70. The van der Waals surface area contributed by atoms with Crippen LogP contribution in [0.4, 0.5) is 4.79 Å². The van der Waals surface area contributed by atoms with Gasteiger partial charge in [-0.1, -0.05) is 0 Å². The lowest BCUT2D eigenvalue weighted by atomic mass is 10.1. The summed E-state index contributed by atoms with van der Waals surface area (Å²) in [5.41, 5.74) is -0.572. The topological polar surface area (TPSA) is 76.1 Å². The second-order valence-electron chi connectivity index (χ2n) is 5.73. The molecule has 2 atom stereocenters. The maximum absolute atomic E-state index is 12.0. The SMILES string of the molecule is COC(=O)C[C@@H](O)C1CCCN1C(=O)OC(C)(C)C. The zero-order valence-electron chi connectivity index (χ0n) is 12.0. The minimum absolute atomic E-state index is 0.111. The molecule has 6 heteroatoms. The molecule has 0 aromatic rings. The average molecular weight is 273 g/mol. The number of aliphatic hydroxyl groups is 1. The fourth-order valence-electron chi connectivity index (χ4n) is 2.13. The molecule has 1 unspecified atom stereocenters. The van der Waals surface area contributed by atoms with Gasteiger partial charge in [-0.25, -0.2) is 4.79 Å². The number of esters is 1. The molecule has 0 bridgehead atoms. The third-order valence-corrected chi connectivity index (χ3v) is 2.97. The standard InChI is InChI=1S/C13H23NO5/c1-13(2,3)19-12(17)14-7-5-6-9(14)10(15)8-11(16)18-4/h9-10,15H,5-8H2,1-4H3/t9?,10-/m1/s1. The molecule has 1 rings (SSSR count). The number of methoxy groups -OCH3 is 1. The molecule has 19 heavy (non-hydrogen) atoms. The molecule has 0 aliphatic carbocycles. The summed E-state index contributed by atoms with van der Waals surface area (Å²) >= 11 is 0. The fraction of sp³-hybridized carbons (Fsp3) is 0.846. The molecule has 0 radical (unpaired) electrons. The quantitative estimate of drug-likeness (QED) is 0.785. The van der Waals surface area contributed by atoms with Gasteiger partial charge in [-0.05, 0) is 33.6 Å². The Balaban J connectivity index is 2.63. The highest BCUT2D eigenvalue weighted by Gasteiger charge is 2.37. The summed E-state index contributed by atoms with van der Waals surface area (Å²) in [4.78, 5) is 24.7. The van der Waals surface area contributed by atoms with E-state index < -0.39 is 23.8 Å². The van der Waals surface area contributed by atoms with Crippen LogP contribution in [0.2, 0.25) is 0 Å². The summed E-state index contributed by atoms with van der Waals surface area (Å²) in [7, 11) is 1.27. The molecule has 0 aromatic carbocycles. The predicted octanol–water partition coefficient (Wildman–Crippen LogP) is 1.31. The van der Waals surface area contributed by atoms with Crippen molar-refractivity contribution in [1.82, 2.24) is 4.90 Å². The number of rotatable bonds is 3. The molecule has 1 N–H and O–H groups in total. The average Bonchev–Trinajstić information content (AvgIpc) is 2.75. The molecule has 1 aliphatic rings. The van der Waals surface area contributed by atoms with Gasteiger partial charge in [0.2, 0.25) is 0 Å². The van der Waals surface area contributed by atoms with Crippen LogP contribution in [0.1, 0.15) is 40.0 Å². The Bertz CT molecular complexity index is 336. The van der Waals surface area contributed by atoms with E-state index in [-0.39, 0.29) is 12.5 Å². The van der Waals surface area contributed by atoms with Crippen molar-refractivity contribution in [2.75, 3.05) is 13.7 Å². The van der Waals surface area contributed by atoms with Crippen molar-refractivity contribution in [2.24, 2.45) is 0 Å². The highest BCUT2D eigenvalue weighted by molar-refractivity contribution is 5.71. The van der Waals surface area contributed by atoms with Crippen LogP contribution in [0.5, 0.6) is 0 Å². The van der Waals surface area contributed by atoms with E-state index in [4.69, 9.17) is 4.74 Å². The van der Waals surface area contributed by atoms with Crippen molar-refractivity contribution in [1.29, 1.82) is 0 Å². The molecule has 110 valence electrons. The summed E-state index contributed by atoms with van der Waals surface area (Å²) in [5, 5.41) is 10.0. The monoisotopic (exact) mass is 273 g/mol. The molecular formula is C13H23NO5. The Morgan fingerprint density at radius 1 is 1.42 bits per heavy atom. The summed E-state index contributed by atoms with van der Waals surface area (Å²) in [6, 6.07) is -0.381. The zero-order valence-corrected chi connectivity index (χ0v) is 12.0. The molecule has 1 amide bonds. The minimum atomic E-state index is -0.914. The molecule has 1 aliphatic heterocycles. The lowest BCUT2D eigenvalue weighted by molar-refractivity contribution is -0.143. The van der Waals surface area contributed by atoms with E-state index in [1.165, 1.54) is 12.0 Å². The predicted molar refractivity (Wildman–Crippen MR) is 68.6 cm³/mol. The normalized spacial score (nSPS) is 21.1. The van der Waals surface area contributed by atoms with Crippen molar-refractivity contribution in [3.05, 3.63) is 0 Å².